The van der Waals surface area contributed by atoms with Crippen LogP contribution in [0.2, 0.25) is 0 Å². The summed E-state index contributed by atoms with van der Waals surface area (Å²) in [6.07, 6.45) is 0.926. The van der Waals surface area contributed by atoms with Gasteiger partial charge in [0.2, 0.25) is 10.0 Å². The van der Waals surface area contributed by atoms with Gasteiger partial charge in [-0.15, -0.1) is 0 Å². The lowest BCUT2D eigenvalue weighted by Crippen LogP contribution is -2.39. The number of likely N-dealkylation sites (N-methyl/N-ethyl adjacent to an activating group) is 1. The number of rotatable bonds is 3. The van der Waals surface area contributed by atoms with Crippen LogP contribution in [0, 0.1) is 0 Å². The van der Waals surface area contributed by atoms with Crippen LogP contribution in [0.5, 0.6) is 0 Å². The Kier molecular flexibility index (Phi) is 3.09. The van der Waals surface area contributed by atoms with Gasteiger partial charge in [-0.3, -0.25) is 0 Å². The molecule has 1 rings (SSSR count). The van der Waals surface area contributed by atoms with E-state index in [1.54, 1.807) is 14.0 Å². The molecule has 0 amide bonds. The van der Waals surface area contributed by atoms with Gasteiger partial charge < -0.3 is 5.32 Å². The van der Waals surface area contributed by atoms with Crippen LogP contribution in [0.4, 0.5) is 0 Å². The van der Waals surface area contributed by atoms with Gasteiger partial charge in [0.15, 0.2) is 0 Å². The first kappa shape index (κ1) is 9.95. The van der Waals surface area contributed by atoms with Crippen molar-refractivity contribution in [2.45, 2.75) is 19.4 Å². The van der Waals surface area contributed by atoms with Gasteiger partial charge in [0.05, 0.1) is 5.75 Å². The Labute approximate surface area is 74.0 Å². The number of sulfonamides is 1. The van der Waals surface area contributed by atoms with Gasteiger partial charge in [0.1, 0.15) is 0 Å². The topological polar surface area (TPSA) is 49.4 Å². The van der Waals surface area contributed by atoms with Crippen molar-refractivity contribution in [1.29, 1.82) is 0 Å². The summed E-state index contributed by atoms with van der Waals surface area (Å²) in [6.45, 7) is 3.39. The van der Waals surface area contributed by atoms with Gasteiger partial charge in [0, 0.05) is 19.6 Å². The van der Waals surface area contributed by atoms with Crippen LogP contribution in [0.3, 0.4) is 0 Å². The van der Waals surface area contributed by atoms with E-state index >= 15 is 0 Å². The van der Waals surface area contributed by atoms with Crippen molar-refractivity contribution < 1.29 is 8.42 Å². The number of hydrogen-bond donors (Lipinski definition) is 1. The van der Waals surface area contributed by atoms with Crippen molar-refractivity contribution in [3.63, 3.8) is 0 Å². The van der Waals surface area contributed by atoms with E-state index < -0.39 is 10.0 Å². The Hall–Kier alpha value is -0.130. The van der Waals surface area contributed by atoms with E-state index in [2.05, 4.69) is 5.32 Å². The Morgan fingerprint density at radius 1 is 1.58 bits per heavy atom. The molecule has 4 nitrogen and oxygen atoms in total. The average molecular weight is 192 g/mol. The van der Waals surface area contributed by atoms with Gasteiger partial charge in [-0.2, -0.15) is 0 Å². The quantitative estimate of drug-likeness (QED) is 0.664. The maximum Gasteiger partial charge on any atom is 0.213 e. The van der Waals surface area contributed by atoms with Crippen molar-refractivity contribution >= 4 is 10.0 Å². The molecule has 0 aliphatic carbocycles. The zero-order valence-corrected chi connectivity index (χ0v) is 8.39. The Morgan fingerprint density at radius 3 is 2.67 bits per heavy atom. The molecule has 0 aromatic rings. The predicted molar refractivity (Wildman–Crippen MR) is 48.5 cm³/mol. The van der Waals surface area contributed by atoms with Crippen LogP contribution in [-0.2, 0) is 10.0 Å². The van der Waals surface area contributed by atoms with Crippen LogP contribution in [0.25, 0.3) is 0 Å². The summed E-state index contributed by atoms with van der Waals surface area (Å²) < 4.78 is 24.3. The van der Waals surface area contributed by atoms with Crippen LogP contribution >= 0.6 is 0 Å². The van der Waals surface area contributed by atoms with Crippen LogP contribution in [0.15, 0.2) is 0 Å². The fourth-order valence-electron chi connectivity index (χ4n) is 1.38. The lowest BCUT2D eigenvalue weighted by atomic mass is 10.3. The van der Waals surface area contributed by atoms with Gasteiger partial charge in [0.25, 0.3) is 0 Å². The monoisotopic (exact) mass is 192 g/mol. The third-order valence-corrected chi connectivity index (χ3v) is 4.26. The first-order chi connectivity index (χ1) is 5.58. The highest BCUT2D eigenvalue weighted by atomic mass is 32.2. The van der Waals surface area contributed by atoms with E-state index in [1.165, 1.54) is 4.31 Å². The van der Waals surface area contributed by atoms with Gasteiger partial charge in [-0.05, 0) is 19.9 Å². The molecular formula is C7H16N2O2S. The number of nitrogens with one attached hydrogen (secondary N) is 1. The number of hydrogen-bond acceptors (Lipinski definition) is 3. The van der Waals surface area contributed by atoms with E-state index in [-0.39, 0.29) is 11.8 Å². The molecule has 1 fully saturated rings. The summed E-state index contributed by atoms with van der Waals surface area (Å²) in [5.74, 6) is 0.194. The fraction of sp³-hybridized carbons (Fsp3) is 1.00. The summed E-state index contributed by atoms with van der Waals surface area (Å²) in [5.41, 5.74) is 0. The predicted octanol–water partition coefficient (Wildman–Crippen LogP) is -0.370. The van der Waals surface area contributed by atoms with Crippen molar-refractivity contribution in [3.8, 4) is 0 Å². The maximum absolute atomic E-state index is 11.4. The average Bonchev–Trinajstić information content (AvgIpc) is 2.55. The van der Waals surface area contributed by atoms with Crippen LogP contribution in [-0.4, -0.2) is 44.7 Å². The molecule has 0 spiro atoms. The fourth-order valence-corrected chi connectivity index (χ4v) is 2.42. The van der Waals surface area contributed by atoms with E-state index in [0.29, 0.717) is 0 Å². The molecule has 1 saturated heterocycles. The van der Waals surface area contributed by atoms with Crippen molar-refractivity contribution in [3.05, 3.63) is 0 Å². The van der Waals surface area contributed by atoms with E-state index in [1.807, 2.05) is 0 Å². The molecule has 1 aliphatic rings. The van der Waals surface area contributed by atoms with Gasteiger partial charge in [-0.1, -0.05) is 0 Å². The first-order valence-electron chi connectivity index (χ1n) is 4.24. The summed E-state index contributed by atoms with van der Waals surface area (Å²) in [6, 6.07) is 0.162. The molecule has 1 aliphatic heterocycles. The second-order valence-corrected chi connectivity index (χ2v) is 5.38. The van der Waals surface area contributed by atoms with Crippen LogP contribution in [0.1, 0.15) is 13.3 Å². The van der Waals surface area contributed by atoms with Crippen LogP contribution < -0.4 is 5.32 Å². The third kappa shape index (κ3) is 1.97. The van der Waals surface area contributed by atoms with E-state index in [0.717, 1.165) is 19.5 Å². The van der Waals surface area contributed by atoms with Crippen molar-refractivity contribution in [1.82, 2.24) is 9.62 Å². The molecule has 1 atom stereocenters. The standard InChI is InChI=1S/C7H16N2O2S/c1-3-12(10,11)9(2)7-4-5-8-6-7/h7-8H,3-6H2,1-2H3. The molecule has 0 aromatic carbocycles. The molecule has 12 heavy (non-hydrogen) atoms. The highest BCUT2D eigenvalue weighted by molar-refractivity contribution is 7.89. The molecular weight excluding hydrogens is 176 g/mol. The third-order valence-electron chi connectivity index (χ3n) is 2.35. The molecule has 1 N–H and O–H groups in total. The molecule has 1 heterocycles. The van der Waals surface area contributed by atoms with Gasteiger partial charge in [-0.25, -0.2) is 12.7 Å². The second-order valence-electron chi connectivity index (χ2n) is 3.06. The zero-order valence-electron chi connectivity index (χ0n) is 7.58. The first-order valence-corrected chi connectivity index (χ1v) is 5.85. The smallest absolute Gasteiger partial charge is 0.213 e. The lowest BCUT2D eigenvalue weighted by molar-refractivity contribution is 0.388. The highest BCUT2D eigenvalue weighted by Crippen LogP contribution is 2.10. The minimum atomic E-state index is -2.99. The van der Waals surface area contributed by atoms with Gasteiger partial charge >= 0.3 is 0 Å². The summed E-state index contributed by atoms with van der Waals surface area (Å²) in [5, 5.41) is 3.14. The van der Waals surface area contributed by atoms with E-state index in [9.17, 15) is 8.42 Å². The Morgan fingerprint density at radius 2 is 2.25 bits per heavy atom. The zero-order chi connectivity index (χ0) is 9.19. The summed E-state index contributed by atoms with van der Waals surface area (Å²) in [4.78, 5) is 0. The SMILES string of the molecule is CCS(=O)(=O)N(C)C1CCNC1. The molecule has 0 aromatic heterocycles. The van der Waals surface area contributed by atoms with Crippen molar-refractivity contribution in [2.75, 3.05) is 25.9 Å². The molecule has 1 unspecified atom stereocenters. The second kappa shape index (κ2) is 3.72. The highest BCUT2D eigenvalue weighted by Gasteiger charge is 2.26. The number of nitrogens with zero attached hydrogens (tertiary/aromatic N) is 1. The Balaban J connectivity index is 2.63. The molecule has 72 valence electrons. The lowest BCUT2D eigenvalue weighted by Gasteiger charge is -2.21. The molecule has 0 saturated carbocycles. The summed E-state index contributed by atoms with van der Waals surface area (Å²) >= 11 is 0. The summed E-state index contributed by atoms with van der Waals surface area (Å²) in [7, 11) is -1.33. The Bertz CT molecular complexity index is 232. The maximum atomic E-state index is 11.4. The normalized spacial score (nSPS) is 25.1. The molecule has 0 radical (unpaired) electrons. The minimum Gasteiger partial charge on any atom is -0.315 e. The molecule has 0 bridgehead atoms. The van der Waals surface area contributed by atoms with E-state index in [4.69, 9.17) is 0 Å². The largest absolute Gasteiger partial charge is 0.315 e. The van der Waals surface area contributed by atoms with Crippen molar-refractivity contribution in [2.24, 2.45) is 0 Å². The minimum absolute atomic E-state index is 0.162. The molecule has 5 heteroatoms.